The highest BCUT2D eigenvalue weighted by atomic mass is 32.1. The van der Waals surface area contributed by atoms with Gasteiger partial charge in [0.1, 0.15) is 5.82 Å². The van der Waals surface area contributed by atoms with Crippen molar-refractivity contribution < 1.29 is 14.3 Å². The lowest BCUT2D eigenvalue weighted by Gasteiger charge is -2.13. The predicted octanol–water partition coefficient (Wildman–Crippen LogP) is 3.64. The van der Waals surface area contributed by atoms with E-state index in [1.165, 1.54) is 24.3 Å². The smallest absolute Gasteiger partial charge is 0.335 e. The molecule has 3 N–H and O–H groups in total. The number of carboxylic acid groups (broad SMARTS) is 1. The zero-order chi connectivity index (χ0) is 15.4. The Morgan fingerprint density at radius 2 is 1.81 bits per heavy atom. The van der Waals surface area contributed by atoms with Gasteiger partial charge in [0.2, 0.25) is 0 Å². The Labute approximate surface area is 126 Å². The molecule has 0 aliphatic heterocycles. The average molecular weight is 304 g/mol. The molecular formula is C15H13FN2O2S. The molecule has 0 amide bonds. The molecule has 0 atom stereocenters. The van der Waals surface area contributed by atoms with Crippen molar-refractivity contribution in [2.75, 3.05) is 10.6 Å². The number of carboxylic acids is 1. The van der Waals surface area contributed by atoms with Crippen LogP contribution in [0.15, 0.2) is 42.5 Å². The predicted molar refractivity (Wildman–Crippen MR) is 84.4 cm³/mol. The van der Waals surface area contributed by atoms with Crippen molar-refractivity contribution in [3.05, 3.63) is 59.4 Å². The lowest BCUT2D eigenvalue weighted by atomic mass is 10.1. The molecule has 0 heterocycles. The van der Waals surface area contributed by atoms with Gasteiger partial charge in [-0.05, 0) is 61.1 Å². The molecule has 108 valence electrons. The molecule has 0 unspecified atom stereocenters. The van der Waals surface area contributed by atoms with Crippen LogP contribution in [-0.2, 0) is 0 Å². The van der Waals surface area contributed by atoms with Crippen LogP contribution >= 0.6 is 12.2 Å². The second kappa shape index (κ2) is 6.32. The monoisotopic (exact) mass is 304 g/mol. The lowest BCUT2D eigenvalue weighted by Crippen LogP contribution is -2.19. The van der Waals surface area contributed by atoms with Gasteiger partial charge in [-0.1, -0.05) is 6.07 Å². The fraction of sp³-hybridized carbons (Fsp3) is 0.0667. The number of rotatable bonds is 3. The van der Waals surface area contributed by atoms with Crippen molar-refractivity contribution in [1.82, 2.24) is 0 Å². The highest BCUT2D eigenvalue weighted by Crippen LogP contribution is 2.18. The van der Waals surface area contributed by atoms with E-state index in [4.69, 9.17) is 17.3 Å². The Balaban J connectivity index is 2.10. The van der Waals surface area contributed by atoms with Gasteiger partial charge in [-0.25, -0.2) is 9.18 Å². The maximum Gasteiger partial charge on any atom is 0.335 e. The molecule has 0 bridgehead atoms. The zero-order valence-electron chi connectivity index (χ0n) is 11.2. The van der Waals surface area contributed by atoms with Gasteiger partial charge >= 0.3 is 5.97 Å². The van der Waals surface area contributed by atoms with E-state index in [-0.39, 0.29) is 11.4 Å². The molecule has 0 radical (unpaired) electrons. The number of benzene rings is 2. The maximum absolute atomic E-state index is 12.8. The summed E-state index contributed by atoms with van der Waals surface area (Å²) in [7, 11) is 0. The average Bonchev–Trinajstić information content (AvgIpc) is 2.43. The molecule has 0 spiro atoms. The van der Waals surface area contributed by atoms with Crippen molar-refractivity contribution in [3.8, 4) is 0 Å². The van der Waals surface area contributed by atoms with E-state index in [1.807, 2.05) is 6.92 Å². The molecule has 0 aliphatic carbocycles. The summed E-state index contributed by atoms with van der Waals surface area (Å²) in [5, 5.41) is 15.1. The highest BCUT2D eigenvalue weighted by Gasteiger charge is 2.07. The van der Waals surface area contributed by atoms with Crippen LogP contribution in [0.25, 0.3) is 0 Å². The lowest BCUT2D eigenvalue weighted by molar-refractivity contribution is 0.0697. The molecule has 6 heteroatoms. The number of aromatic carboxylic acids is 1. The summed E-state index contributed by atoms with van der Waals surface area (Å²) in [5.41, 5.74) is 2.28. The third kappa shape index (κ3) is 4.00. The molecule has 2 rings (SSSR count). The van der Waals surface area contributed by atoms with Gasteiger partial charge in [0.15, 0.2) is 5.11 Å². The summed E-state index contributed by atoms with van der Waals surface area (Å²) in [5.74, 6) is -1.33. The third-order valence-electron chi connectivity index (χ3n) is 2.83. The van der Waals surface area contributed by atoms with Gasteiger partial charge in [-0.15, -0.1) is 0 Å². The number of aryl methyl sites for hydroxylation is 1. The number of thiocarbonyl (C=S) groups is 1. The minimum atomic E-state index is -1.00. The molecule has 21 heavy (non-hydrogen) atoms. The topological polar surface area (TPSA) is 61.4 Å². The van der Waals surface area contributed by atoms with Crippen molar-refractivity contribution >= 4 is 34.7 Å². The summed E-state index contributed by atoms with van der Waals surface area (Å²) >= 11 is 5.16. The second-order valence-electron chi connectivity index (χ2n) is 4.42. The highest BCUT2D eigenvalue weighted by molar-refractivity contribution is 7.80. The van der Waals surface area contributed by atoms with Crippen LogP contribution in [0.1, 0.15) is 15.9 Å². The molecule has 0 aromatic heterocycles. The first kappa shape index (κ1) is 14.9. The summed E-state index contributed by atoms with van der Waals surface area (Å²) in [4.78, 5) is 11.0. The Hall–Kier alpha value is -2.47. The first-order valence-electron chi connectivity index (χ1n) is 6.13. The van der Waals surface area contributed by atoms with Crippen molar-refractivity contribution in [3.63, 3.8) is 0 Å². The fourth-order valence-corrected chi connectivity index (χ4v) is 1.94. The number of hydrogen-bond acceptors (Lipinski definition) is 2. The van der Waals surface area contributed by atoms with Crippen LogP contribution in [0.2, 0.25) is 0 Å². The second-order valence-corrected chi connectivity index (χ2v) is 4.83. The molecule has 0 aliphatic rings. The van der Waals surface area contributed by atoms with Gasteiger partial charge in [-0.3, -0.25) is 0 Å². The van der Waals surface area contributed by atoms with Gasteiger partial charge in [0.25, 0.3) is 0 Å². The van der Waals surface area contributed by atoms with Gasteiger partial charge in [-0.2, -0.15) is 0 Å². The molecule has 4 nitrogen and oxygen atoms in total. The number of carbonyl (C=O) groups is 1. The summed E-state index contributed by atoms with van der Waals surface area (Å²) in [6.45, 7) is 1.84. The van der Waals surface area contributed by atoms with Crippen LogP contribution in [0, 0.1) is 12.7 Å². The fourth-order valence-electron chi connectivity index (χ4n) is 1.71. The van der Waals surface area contributed by atoms with Crippen LogP contribution in [-0.4, -0.2) is 16.2 Å². The van der Waals surface area contributed by atoms with Crippen LogP contribution in [0.5, 0.6) is 0 Å². The van der Waals surface area contributed by atoms with Gasteiger partial charge < -0.3 is 15.7 Å². The Kier molecular flexibility index (Phi) is 4.49. The largest absolute Gasteiger partial charge is 0.478 e. The van der Waals surface area contributed by atoms with Crippen LogP contribution in [0.4, 0.5) is 15.8 Å². The van der Waals surface area contributed by atoms with E-state index in [0.29, 0.717) is 16.5 Å². The maximum atomic E-state index is 12.8. The summed E-state index contributed by atoms with van der Waals surface area (Å²) in [6.07, 6.45) is 0. The molecule has 0 saturated heterocycles. The zero-order valence-corrected chi connectivity index (χ0v) is 12.0. The molecular weight excluding hydrogens is 291 g/mol. The number of hydrogen-bond donors (Lipinski definition) is 3. The van der Waals surface area contributed by atoms with E-state index in [2.05, 4.69) is 10.6 Å². The van der Waals surface area contributed by atoms with Gasteiger partial charge in [0.05, 0.1) is 5.56 Å². The van der Waals surface area contributed by atoms with Gasteiger partial charge in [0, 0.05) is 11.4 Å². The van der Waals surface area contributed by atoms with E-state index in [0.717, 1.165) is 5.56 Å². The van der Waals surface area contributed by atoms with Crippen LogP contribution < -0.4 is 10.6 Å². The quantitative estimate of drug-likeness (QED) is 0.756. The minimum Gasteiger partial charge on any atom is -0.478 e. The Bertz CT molecular complexity index is 687. The Morgan fingerprint density at radius 3 is 2.43 bits per heavy atom. The van der Waals surface area contributed by atoms with Crippen molar-refractivity contribution in [2.24, 2.45) is 0 Å². The molecule has 2 aromatic carbocycles. The minimum absolute atomic E-state index is 0.174. The SMILES string of the molecule is Cc1ccc(C(=O)O)cc1NC(=S)Nc1ccc(F)cc1. The molecule has 0 saturated carbocycles. The Morgan fingerprint density at radius 1 is 1.14 bits per heavy atom. The summed E-state index contributed by atoms with van der Waals surface area (Å²) < 4.78 is 12.8. The van der Waals surface area contributed by atoms with E-state index >= 15 is 0 Å². The first-order chi connectivity index (χ1) is 9.95. The number of anilines is 2. The van der Waals surface area contributed by atoms with Crippen molar-refractivity contribution in [2.45, 2.75) is 6.92 Å². The van der Waals surface area contributed by atoms with Crippen LogP contribution in [0.3, 0.4) is 0 Å². The third-order valence-corrected chi connectivity index (χ3v) is 3.04. The van der Waals surface area contributed by atoms with E-state index in [9.17, 15) is 9.18 Å². The number of nitrogens with one attached hydrogen (secondary N) is 2. The normalized spacial score (nSPS) is 10.0. The summed E-state index contributed by atoms with van der Waals surface area (Å²) in [6, 6.07) is 10.5. The van der Waals surface area contributed by atoms with E-state index < -0.39 is 5.97 Å². The first-order valence-corrected chi connectivity index (χ1v) is 6.54. The van der Waals surface area contributed by atoms with Crippen molar-refractivity contribution in [1.29, 1.82) is 0 Å². The standard InChI is InChI=1S/C15H13FN2O2S/c1-9-2-3-10(14(19)20)8-13(9)18-15(21)17-12-6-4-11(16)5-7-12/h2-8H,1H3,(H,19,20)(H2,17,18,21). The molecule has 2 aromatic rings. The molecule has 0 fully saturated rings. The number of halogens is 1. The van der Waals surface area contributed by atoms with E-state index in [1.54, 1.807) is 18.2 Å².